The van der Waals surface area contributed by atoms with Crippen LogP contribution in [0.4, 0.5) is 5.69 Å². The first kappa shape index (κ1) is 12.9. The van der Waals surface area contributed by atoms with Crippen molar-refractivity contribution in [3.8, 4) is 0 Å². The maximum atomic E-state index is 5.28. The summed E-state index contributed by atoms with van der Waals surface area (Å²) < 4.78 is 5.28. The minimum atomic E-state index is 0.698. The molecule has 0 saturated carbocycles. The van der Waals surface area contributed by atoms with E-state index in [0.717, 1.165) is 18.8 Å². The van der Waals surface area contributed by atoms with Crippen molar-refractivity contribution in [2.45, 2.75) is 6.92 Å². The van der Waals surface area contributed by atoms with E-state index in [4.69, 9.17) is 17.0 Å². The Morgan fingerprint density at radius 2 is 2.06 bits per heavy atom. The van der Waals surface area contributed by atoms with Crippen molar-refractivity contribution >= 4 is 23.0 Å². The van der Waals surface area contributed by atoms with Crippen LogP contribution in [0.15, 0.2) is 30.3 Å². The number of likely N-dealkylation sites (N-methyl/N-ethyl adjacent to an activating group) is 1. The second-order valence-electron chi connectivity index (χ2n) is 3.41. The molecule has 0 amide bonds. The predicted octanol–water partition coefficient (Wildman–Crippen LogP) is 2.35. The van der Waals surface area contributed by atoms with Crippen LogP contribution in [0.5, 0.6) is 0 Å². The van der Waals surface area contributed by atoms with Crippen molar-refractivity contribution in [2.75, 3.05) is 32.1 Å². The molecule has 0 aliphatic rings. The molecule has 0 atom stereocenters. The molecule has 1 N–H and O–H groups in total. The van der Waals surface area contributed by atoms with Gasteiger partial charge in [-0.3, -0.25) is 0 Å². The number of benzene rings is 1. The van der Waals surface area contributed by atoms with Crippen LogP contribution < -0.4 is 5.32 Å². The first-order valence-electron chi connectivity index (χ1n) is 5.39. The molecule has 1 aromatic rings. The molecule has 16 heavy (non-hydrogen) atoms. The Morgan fingerprint density at radius 3 is 2.69 bits per heavy atom. The van der Waals surface area contributed by atoms with Gasteiger partial charge in [0.2, 0.25) is 0 Å². The molecule has 1 aromatic carbocycles. The van der Waals surface area contributed by atoms with E-state index in [9.17, 15) is 0 Å². The van der Waals surface area contributed by atoms with E-state index in [1.165, 1.54) is 0 Å². The molecule has 0 heterocycles. The van der Waals surface area contributed by atoms with Gasteiger partial charge in [0.1, 0.15) is 0 Å². The molecule has 0 radical (unpaired) electrons. The van der Waals surface area contributed by atoms with Gasteiger partial charge in [-0.15, -0.1) is 0 Å². The third kappa shape index (κ3) is 4.59. The maximum absolute atomic E-state index is 5.28. The molecule has 0 saturated heterocycles. The summed E-state index contributed by atoms with van der Waals surface area (Å²) in [6.45, 7) is 4.23. The van der Waals surface area contributed by atoms with E-state index in [1.54, 1.807) is 0 Å². The Balaban J connectivity index is 2.34. The molecule has 0 unspecified atom stereocenters. The molecule has 4 heteroatoms. The largest absolute Gasteiger partial charge is 0.380 e. The molecule has 0 spiro atoms. The van der Waals surface area contributed by atoms with Gasteiger partial charge in [-0.1, -0.05) is 18.2 Å². The van der Waals surface area contributed by atoms with Crippen LogP contribution in [-0.4, -0.2) is 36.8 Å². The van der Waals surface area contributed by atoms with Gasteiger partial charge in [-0.2, -0.15) is 0 Å². The van der Waals surface area contributed by atoms with E-state index in [1.807, 2.05) is 49.2 Å². The molecular formula is C12H18N2OS. The van der Waals surface area contributed by atoms with Crippen molar-refractivity contribution in [2.24, 2.45) is 0 Å². The topological polar surface area (TPSA) is 24.5 Å². The first-order valence-corrected chi connectivity index (χ1v) is 5.79. The minimum Gasteiger partial charge on any atom is -0.380 e. The molecule has 0 fully saturated rings. The third-order valence-corrected chi connectivity index (χ3v) is 2.56. The molecule has 0 bridgehead atoms. The fourth-order valence-corrected chi connectivity index (χ4v) is 1.40. The second-order valence-corrected chi connectivity index (χ2v) is 3.80. The molecule has 3 nitrogen and oxygen atoms in total. The van der Waals surface area contributed by atoms with E-state index < -0.39 is 0 Å². The minimum absolute atomic E-state index is 0.698. The number of nitrogens with zero attached hydrogens (tertiary/aromatic N) is 1. The highest BCUT2D eigenvalue weighted by molar-refractivity contribution is 7.80. The lowest BCUT2D eigenvalue weighted by Gasteiger charge is -2.20. The summed E-state index contributed by atoms with van der Waals surface area (Å²) in [5, 5.41) is 3.88. The van der Waals surface area contributed by atoms with Crippen molar-refractivity contribution in [3.05, 3.63) is 30.3 Å². The molecule has 88 valence electrons. The molecule has 1 rings (SSSR count). The summed E-state index contributed by atoms with van der Waals surface area (Å²) in [5.41, 5.74) is 1.01. The number of thiocarbonyl (C=S) groups is 1. The van der Waals surface area contributed by atoms with Crippen molar-refractivity contribution in [3.63, 3.8) is 0 Å². The lowest BCUT2D eigenvalue weighted by atomic mass is 10.3. The number of rotatable bonds is 5. The Kier molecular flexibility index (Phi) is 5.82. The monoisotopic (exact) mass is 238 g/mol. The number of ether oxygens (including phenoxy) is 1. The molecule has 0 aromatic heterocycles. The Hall–Kier alpha value is -1.13. The zero-order valence-electron chi connectivity index (χ0n) is 9.77. The van der Waals surface area contributed by atoms with Gasteiger partial charge in [0.25, 0.3) is 0 Å². The second kappa shape index (κ2) is 7.19. The maximum Gasteiger partial charge on any atom is 0.173 e. The van der Waals surface area contributed by atoms with Crippen LogP contribution in [0.25, 0.3) is 0 Å². The number of nitrogens with one attached hydrogen (secondary N) is 1. The zero-order valence-corrected chi connectivity index (χ0v) is 10.6. The summed E-state index contributed by atoms with van der Waals surface area (Å²) in [5.74, 6) is 0. The molecule has 0 aliphatic heterocycles. The summed E-state index contributed by atoms with van der Waals surface area (Å²) in [6, 6.07) is 9.91. The van der Waals surface area contributed by atoms with Crippen LogP contribution in [0, 0.1) is 0 Å². The van der Waals surface area contributed by atoms with E-state index >= 15 is 0 Å². The van der Waals surface area contributed by atoms with Crippen molar-refractivity contribution in [1.82, 2.24) is 4.90 Å². The highest BCUT2D eigenvalue weighted by Crippen LogP contribution is 2.05. The van der Waals surface area contributed by atoms with E-state index in [-0.39, 0.29) is 0 Å². The normalized spacial score (nSPS) is 9.88. The fraction of sp³-hybridized carbons (Fsp3) is 0.417. The number of anilines is 1. The Labute approximate surface area is 102 Å². The van der Waals surface area contributed by atoms with Crippen LogP contribution in [0.2, 0.25) is 0 Å². The lowest BCUT2D eigenvalue weighted by molar-refractivity contribution is 0.137. The Morgan fingerprint density at radius 1 is 1.38 bits per heavy atom. The SMILES string of the molecule is CCOCCN(C)C(=S)Nc1ccccc1. The quantitative estimate of drug-likeness (QED) is 0.628. The third-order valence-electron chi connectivity index (χ3n) is 2.15. The van der Waals surface area contributed by atoms with Crippen LogP contribution >= 0.6 is 12.2 Å². The van der Waals surface area contributed by atoms with Crippen LogP contribution in [-0.2, 0) is 4.74 Å². The fourth-order valence-electron chi connectivity index (χ4n) is 1.19. The van der Waals surface area contributed by atoms with Gasteiger partial charge in [-0.25, -0.2) is 0 Å². The van der Waals surface area contributed by atoms with Gasteiger partial charge < -0.3 is 15.0 Å². The first-order chi connectivity index (χ1) is 7.74. The summed E-state index contributed by atoms with van der Waals surface area (Å²) >= 11 is 5.27. The highest BCUT2D eigenvalue weighted by atomic mass is 32.1. The summed E-state index contributed by atoms with van der Waals surface area (Å²) in [6.07, 6.45) is 0. The zero-order chi connectivity index (χ0) is 11.8. The average molecular weight is 238 g/mol. The Bertz CT molecular complexity index is 316. The number of hydrogen-bond donors (Lipinski definition) is 1. The lowest BCUT2D eigenvalue weighted by Crippen LogP contribution is -2.33. The summed E-state index contributed by atoms with van der Waals surface area (Å²) in [4.78, 5) is 1.97. The smallest absolute Gasteiger partial charge is 0.173 e. The highest BCUT2D eigenvalue weighted by Gasteiger charge is 2.03. The standard InChI is InChI=1S/C12H18N2OS/c1-3-15-10-9-14(2)12(16)13-11-7-5-4-6-8-11/h4-8H,3,9-10H2,1-2H3,(H,13,16). The summed E-state index contributed by atoms with van der Waals surface area (Å²) in [7, 11) is 1.96. The van der Waals surface area contributed by atoms with Crippen molar-refractivity contribution in [1.29, 1.82) is 0 Å². The van der Waals surface area contributed by atoms with E-state index in [2.05, 4.69) is 5.32 Å². The van der Waals surface area contributed by atoms with Gasteiger partial charge >= 0.3 is 0 Å². The van der Waals surface area contributed by atoms with Gasteiger partial charge in [0.15, 0.2) is 5.11 Å². The number of para-hydroxylation sites is 1. The molecular weight excluding hydrogens is 220 g/mol. The average Bonchev–Trinajstić information content (AvgIpc) is 2.30. The van der Waals surface area contributed by atoms with Gasteiger partial charge in [0, 0.05) is 25.9 Å². The van der Waals surface area contributed by atoms with Crippen LogP contribution in [0.3, 0.4) is 0 Å². The number of hydrogen-bond acceptors (Lipinski definition) is 2. The molecule has 0 aliphatic carbocycles. The predicted molar refractivity (Wildman–Crippen MR) is 71.8 cm³/mol. The van der Waals surface area contributed by atoms with Crippen molar-refractivity contribution < 1.29 is 4.74 Å². The van der Waals surface area contributed by atoms with E-state index in [0.29, 0.717) is 11.7 Å². The van der Waals surface area contributed by atoms with Crippen LogP contribution in [0.1, 0.15) is 6.92 Å². The van der Waals surface area contributed by atoms with Gasteiger partial charge in [-0.05, 0) is 31.3 Å². The van der Waals surface area contributed by atoms with Gasteiger partial charge in [0.05, 0.1) is 6.61 Å².